The van der Waals surface area contributed by atoms with Crippen LogP contribution in [0.5, 0.6) is 0 Å². The molecule has 44 valence electrons. The van der Waals surface area contributed by atoms with E-state index in [9.17, 15) is 0 Å². The predicted molar refractivity (Wildman–Crippen MR) is 38.3 cm³/mol. The second kappa shape index (κ2) is 2.78. The molecule has 1 aliphatic rings. The molecule has 1 aliphatic heterocycles. The second-order valence-electron chi connectivity index (χ2n) is 1.60. The monoisotopic (exact) mass is 117 g/mol. The Hall–Kier alpha value is -1.42. The first-order valence-electron chi connectivity index (χ1n) is 2.68. The summed E-state index contributed by atoms with van der Waals surface area (Å²) in [6.45, 7) is 3.61. The summed E-state index contributed by atoms with van der Waals surface area (Å²) in [5, 5.41) is 2.77. The van der Waals surface area contributed by atoms with Crippen LogP contribution in [-0.2, 0) is 0 Å². The van der Waals surface area contributed by atoms with Crippen LogP contribution >= 0.6 is 0 Å². The van der Waals surface area contributed by atoms with Gasteiger partial charge in [0.1, 0.15) is 0 Å². The van der Waals surface area contributed by atoms with Crippen LogP contribution in [-0.4, -0.2) is 0 Å². The smallest absolute Gasteiger partial charge is 0.0136 e. The molecule has 0 aromatic carbocycles. The van der Waals surface area contributed by atoms with Crippen LogP contribution in [0.4, 0.5) is 0 Å². The Labute approximate surface area is 54.8 Å². The highest BCUT2D eigenvalue weighted by molar-refractivity contribution is 5.37. The van der Waals surface area contributed by atoms with Crippen LogP contribution in [0.1, 0.15) is 0 Å². The van der Waals surface area contributed by atoms with E-state index in [1.165, 1.54) is 0 Å². The van der Waals surface area contributed by atoms with Crippen molar-refractivity contribution in [2.45, 2.75) is 0 Å². The molecule has 0 bridgehead atoms. The topological polar surface area (TPSA) is 12.0 Å². The van der Waals surface area contributed by atoms with Crippen LogP contribution < -0.4 is 5.32 Å². The minimum atomic E-state index is 1.03. The lowest BCUT2D eigenvalue weighted by Gasteiger charge is -1.83. The van der Waals surface area contributed by atoms with E-state index >= 15 is 0 Å². The molecule has 1 N–H and O–H groups in total. The van der Waals surface area contributed by atoms with Crippen molar-refractivity contribution >= 4 is 0 Å². The zero-order valence-electron chi connectivity index (χ0n) is 5.02. The molecule has 0 saturated heterocycles. The molecule has 1 rings (SSSR count). The van der Waals surface area contributed by atoms with Gasteiger partial charge in [-0.3, -0.25) is 0 Å². The Bertz CT molecular complexity index is 223. The molecule has 0 aromatic heterocycles. The quantitative estimate of drug-likeness (QED) is 0.508. The second-order valence-corrected chi connectivity index (χ2v) is 1.60. The predicted octanol–water partition coefficient (Wildman–Crippen LogP) is 1.18. The number of nitrogens with one attached hydrogen (secondary N) is 1. The molecule has 0 spiro atoms. The summed E-state index contributed by atoms with van der Waals surface area (Å²) in [5.74, 6) is 2.79. The maximum Gasteiger partial charge on any atom is 0.0136 e. The van der Waals surface area contributed by atoms with Crippen molar-refractivity contribution in [2.75, 3.05) is 0 Å². The number of hydrogen-bond donors (Lipinski definition) is 1. The van der Waals surface area contributed by atoms with E-state index in [4.69, 9.17) is 0 Å². The van der Waals surface area contributed by atoms with Gasteiger partial charge in [-0.2, -0.15) is 0 Å². The third-order valence-electron chi connectivity index (χ3n) is 0.978. The highest BCUT2D eigenvalue weighted by Crippen LogP contribution is 1.96. The third kappa shape index (κ3) is 1.50. The van der Waals surface area contributed by atoms with Gasteiger partial charge in [-0.1, -0.05) is 18.6 Å². The van der Waals surface area contributed by atoms with Gasteiger partial charge in [0.05, 0.1) is 0 Å². The van der Waals surface area contributed by atoms with E-state index in [0.29, 0.717) is 0 Å². The number of rotatable bonds is 1. The molecule has 0 aromatic rings. The molecule has 0 amide bonds. The van der Waals surface area contributed by atoms with Crippen molar-refractivity contribution in [1.82, 2.24) is 5.32 Å². The van der Waals surface area contributed by atoms with E-state index in [0.717, 1.165) is 5.57 Å². The molecule has 0 atom stereocenters. The zero-order valence-corrected chi connectivity index (χ0v) is 5.02. The van der Waals surface area contributed by atoms with Crippen LogP contribution in [0.25, 0.3) is 0 Å². The highest BCUT2D eigenvalue weighted by atomic mass is 14.8. The lowest BCUT2D eigenvalue weighted by Crippen LogP contribution is -1.89. The van der Waals surface area contributed by atoms with Gasteiger partial charge in [0.2, 0.25) is 0 Å². The Morgan fingerprint density at radius 2 is 2.56 bits per heavy atom. The van der Waals surface area contributed by atoms with Gasteiger partial charge in [0, 0.05) is 12.2 Å². The first kappa shape index (κ1) is 5.71. The van der Waals surface area contributed by atoms with Crippen molar-refractivity contribution in [3.05, 3.63) is 36.6 Å². The molecule has 0 aliphatic carbocycles. The Kier molecular flexibility index (Phi) is 1.77. The summed E-state index contributed by atoms with van der Waals surface area (Å²) in [6, 6.07) is 2.70. The van der Waals surface area contributed by atoms with Gasteiger partial charge in [-0.05, 0) is 17.7 Å². The first-order chi connectivity index (χ1) is 4.43. The summed E-state index contributed by atoms with van der Waals surface area (Å²) in [5.41, 5.74) is 1.03. The molecule has 1 heterocycles. The largest absolute Gasteiger partial charge is 0.322 e. The molecular weight excluding hydrogens is 110 g/mol. The van der Waals surface area contributed by atoms with Crippen molar-refractivity contribution in [3.63, 3.8) is 0 Å². The van der Waals surface area contributed by atoms with Crippen LogP contribution in [0.15, 0.2) is 36.6 Å². The van der Waals surface area contributed by atoms with E-state index in [-0.39, 0.29) is 0 Å². The lowest BCUT2D eigenvalue weighted by atomic mass is 10.2. The third-order valence-corrected chi connectivity index (χ3v) is 0.978. The number of allylic oxidation sites excluding steroid dienone is 4. The van der Waals surface area contributed by atoms with E-state index in [1.807, 2.05) is 12.2 Å². The molecule has 1 heteroatoms. The Morgan fingerprint density at radius 1 is 1.67 bits per heavy atom. The van der Waals surface area contributed by atoms with Gasteiger partial charge in [0.25, 0.3) is 0 Å². The summed E-state index contributed by atoms with van der Waals surface area (Å²) in [4.78, 5) is 0. The normalized spacial score (nSPS) is 14.0. The SMILES string of the molecule is C=CC1=CC#CNC=C1. The zero-order chi connectivity index (χ0) is 6.53. The maximum atomic E-state index is 3.61. The van der Waals surface area contributed by atoms with Gasteiger partial charge in [-0.15, -0.1) is 0 Å². The fraction of sp³-hybridized carbons (Fsp3) is 0. The van der Waals surface area contributed by atoms with Gasteiger partial charge in [0.15, 0.2) is 0 Å². The standard InChI is InChI=1S/C8H7N/c1-2-8-4-3-6-9-7-5-8/h2,4-5,7,9H,1H2. The van der Waals surface area contributed by atoms with Crippen LogP contribution in [0.3, 0.4) is 0 Å². The average molecular weight is 117 g/mol. The Balaban J connectivity index is 2.84. The van der Waals surface area contributed by atoms with E-state index in [1.54, 1.807) is 12.3 Å². The van der Waals surface area contributed by atoms with Crippen molar-refractivity contribution in [3.8, 4) is 12.0 Å². The Morgan fingerprint density at radius 3 is 3.33 bits per heavy atom. The summed E-state index contributed by atoms with van der Waals surface area (Å²) >= 11 is 0. The molecule has 0 radical (unpaired) electrons. The molecule has 0 unspecified atom stereocenters. The fourth-order valence-corrected chi connectivity index (χ4v) is 0.516. The van der Waals surface area contributed by atoms with Crippen molar-refractivity contribution in [1.29, 1.82) is 0 Å². The summed E-state index contributed by atoms with van der Waals surface area (Å²) < 4.78 is 0. The summed E-state index contributed by atoms with van der Waals surface area (Å²) in [6.07, 6.45) is 7.26. The maximum absolute atomic E-state index is 3.61. The van der Waals surface area contributed by atoms with Crippen molar-refractivity contribution in [2.24, 2.45) is 0 Å². The van der Waals surface area contributed by atoms with E-state index in [2.05, 4.69) is 23.9 Å². The minimum Gasteiger partial charge on any atom is -0.322 e. The summed E-state index contributed by atoms with van der Waals surface area (Å²) in [7, 11) is 0. The fourth-order valence-electron chi connectivity index (χ4n) is 0.516. The minimum absolute atomic E-state index is 1.03. The van der Waals surface area contributed by atoms with Gasteiger partial charge in [-0.25, -0.2) is 0 Å². The van der Waals surface area contributed by atoms with Gasteiger partial charge >= 0.3 is 0 Å². The van der Waals surface area contributed by atoms with E-state index < -0.39 is 0 Å². The molecule has 1 nitrogen and oxygen atoms in total. The molecule has 0 saturated carbocycles. The van der Waals surface area contributed by atoms with Gasteiger partial charge < -0.3 is 5.32 Å². The molecule has 9 heavy (non-hydrogen) atoms. The van der Waals surface area contributed by atoms with Crippen molar-refractivity contribution < 1.29 is 0 Å². The molecule has 0 fully saturated rings. The average Bonchev–Trinajstić information content (AvgIpc) is 2.13. The number of hydrogen-bond acceptors (Lipinski definition) is 1. The lowest BCUT2D eigenvalue weighted by molar-refractivity contribution is 1.26. The van der Waals surface area contributed by atoms with Crippen LogP contribution in [0.2, 0.25) is 0 Å². The van der Waals surface area contributed by atoms with Crippen LogP contribution in [0, 0.1) is 12.0 Å². The highest BCUT2D eigenvalue weighted by Gasteiger charge is 1.82. The first-order valence-corrected chi connectivity index (χ1v) is 2.68. The molecular formula is C8H7N.